The highest BCUT2D eigenvalue weighted by Gasteiger charge is 2.24. The minimum Gasteiger partial charge on any atom is -0.484 e. The van der Waals surface area contributed by atoms with Crippen molar-refractivity contribution in [1.29, 1.82) is 0 Å². The highest BCUT2D eigenvalue weighted by Crippen LogP contribution is 2.31. The molecule has 1 aliphatic rings. The van der Waals surface area contributed by atoms with Crippen LogP contribution in [-0.4, -0.2) is 14.5 Å². The lowest BCUT2D eigenvalue weighted by Crippen LogP contribution is -2.25. The zero-order valence-corrected chi connectivity index (χ0v) is 13.9. The molecule has 1 saturated carbocycles. The van der Waals surface area contributed by atoms with E-state index in [0.29, 0.717) is 0 Å². The molecule has 0 unspecified atom stereocenters. The molecule has 2 aromatic rings. The highest BCUT2D eigenvalue weighted by atomic mass is 32.2. The predicted octanol–water partition coefficient (Wildman–Crippen LogP) is 4.01. The fraction of sp³-hybridized carbons (Fsp3) is 0.294. The Hall–Kier alpha value is -2.15. The molecule has 0 spiro atoms. The normalized spacial score (nSPS) is 15.0. The number of ether oxygens (including phenoxy) is 1. The molecule has 0 aliphatic heterocycles. The van der Waals surface area contributed by atoms with E-state index in [9.17, 15) is 17.2 Å². The van der Waals surface area contributed by atoms with Gasteiger partial charge in [-0.25, -0.2) is 17.2 Å². The molecule has 7 heteroatoms. The summed E-state index contributed by atoms with van der Waals surface area (Å²) in [5.74, 6) is -2.31. The van der Waals surface area contributed by atoms with Crippen LogP contribution in [0.15, 0.2) is 41.3 Å². The minimum absolute atomic E-state index is 0.0173. The van der Waals surface area contributed by atoms with Crippen LogP contribution in [0.5, 0.6) is 5.75 Å². The minimum atomic E-state index is -3.92. The van der Waals surface area contributed by atoms with E-state index in [4.69, 9.17) is 4.74 Å². The first-order valence-electron chi connectivity index (χ1n) is 7.60. The average Bonchev–Trinajstić information content (AvgIpc) is 2.44. The lowest BCUT2D eigenvalue weighted by atomic mass is 9.96. The molecular formula is C17H17F2NO3S. The molecule has 0 amide bonds. The fourth-order valence-corrected chi connectivity index (χ4v) is 3.36. The first-order valence-corrected chi connectivity index (χ1v) is 9.09. The summed E-state index contributed by atoms with van der Waals surface area (Å²) < 4.78 is 60.1. The van der Waals surface area contributed by atoms with Gasteiger partial charge >= 0.3 is 0 Å². The molecule has 0 aromatic heterocycles. The molecule has 0 heterocycles. The maximum absolute atomic E-state index is 14.1. The van der Waals surface area contributed by atoms with Crippen LogP contribution in [-0.2, 0) is 10.0 Å². The second-order valence-corrected chi connectivity index (χ2v) is 7.54. The van der Waals surface area contributed by atoms with Crippen LogP contribution in [0, 0.1) is 18.6 Å². The van der Waals surface area contributed by atoms with Gasteiger partial charge in [-0.15, -0.1) is 0 Å². The Labute approximate surface area is 139 Å². The van der Waals surface area contributed by atoms with Gasteiger partial charge in [0.15, 0.2) is 17.4 Å². The third-order valence-corrected chi connectivity index (χ3v) is 5.32. The SMILES string of the molecule is Cc1ccc(S(=O)(=O)Nc2cc(F)c(OC3CCC3)c(F)c2)cc1. The Bertz CT molecular complexity index is 824. The van der Waals surface area contributed by atoms with Crippen LogP contribution < -0.4 is 9.46 Å². The van der Waals surface area contributed by atoms with Crippen LogP contribution in [0.25, 0.3) is 0 Å². The molecule has 0 saturated heterocycles. The predicted molar refractivity (Wildman–Crippen MR) is 86.6 cm³/mol. The first kappa shape index (κ1) is 16.7. The van der Waals surface area contributed by atoms with Gasteiger partial charge < -0.3 is 4.74 Å². The van der Waals surface area contributed by atoms with Crippen molar-refractivity contribution in [3.63, 3.8) is 0 Å². The van der Waals surface area contributed by atoms with E-state index in [-0.39, 0.29) is 16.7 Å². The van der Waals surface area contributed by atoms with Gasteiger partial charge in [0.25, 0.3) is 10.0 Å². The van der Waals surface area contributed by atoms with Crippen molar-refractivity contribution in [2.45, 2.75) is 37.2 Å². The molecule has 128 valence electrons. The molecule has 1 N–H and O–H groups in total. The first-order chi connectivity index (χ1) is 11.3. The number of sulfonamides is 1. The number of rotatable bonds is 5. The molecule has 2 aromatic carbocycles. The van der Waals surface area contributed by atoms with Gasteiger partial charge in [-0.3, -0.25) is 4.72 Å². The summed E-state index contributed by atoms with van der Waals surface area (Å²) in [6, 6.07) is 7.99. The van der Waals surface area contributed by atoms with E-state index in [0.717, 1.165) is 37.0 Å². The van der Waals surface area contributed by atoms with Crippen molar-refractivity contribution in [2.75, 3.05) is 4.72 Å². The molecular weight excluding hydrogens is 336 g/mol. The standard InChI is InChI=1S/C17H17F2NO3S/c1-11-5-7-14(8-6-11)24(21,22)20-12-9-15(18)17(16(19)10-12)23-13-3-2-4-13/h5-10,13,20H,2-4H2,1H3. The molecule has 3 rings (SSSR count). The maximum atomic E-state index is 14.1. The zero-order valence-electron chi connectivity index (χ0n) is 13.1. The van der Waals surface area contributed by atoms with Gasteiger partial charge in [-0.2, -0.15) is 0 Å². The summed E-state index contributed by atoms with van der Waals surface area (Å²) in [5.41, 5.74) is 0.718. The average molecular weight is 353 g/mol. The smallest absolute Gasteiger partial charge is 0.261 e. The van der Waals surface area contributed by atoms with Crippen molar-refractivity contribution in [1.82, 2.24) is 0 Å². The largest absolute Gasteiger partial charge is 0.484 e. The fourth-order valence-electron chi connectivity index (χ4n) is 2.32. The van der Waals surface area contributed by atoms with Crippen LogP contribution in [0.4, 0.5) is 14.5 Å². The molecule has 0 atom stereocenters. The van der Waals surface area contributed by atoms with Crippen LogP contribution in [0.3, 0.4) is 0 Å². The number of hydrogen-bond acceptors (Lipinski definition) is 3. The molecule has 0 radical (unpaired) electrons. The van der Waals surface area contributed by atoms with Crippen molar-refractivity contribution >= 4 is 15.7 Å². The van der Waals surface area contributed by atoms with Crippen molar-refractivity contribution in [3.8, 4) is 5.75 Å². The molecule has 1 fully saturated rings. The molecule has 4 nitrogen and oxygen atoms in total. The number of benzene rings is 2. The van der Waals surface area contributed by atoms with Gasteiger partial charge in [0.05, 0.1) is 16.7 Å². The Kier molecular flexibility index (Phi) is 4.45. The zero-order chi connectivity index (χ0) is 17.3. The van der Waals surface area contributed by atoms with Crippen molar-refractivity contribution < 1.29 is 21.9 Å². The molecule has 0 bridgehead atoms. The van der Waals surface area contributed by atoms with E-state index in [1.165, 1.54) is 12.1 Å². The van der Waals surface area contributed by atoms with Gasteiger partial charge in [0, 0.05) is 12.1 Å². The van der Waals surface area contributed by atoms with Gasteiger partial charge in [0.2, 0.25) is 0 Å². The number of nitrogens with one attached hydrogen (secondary N) is 1. The Morgan fingerprint density at radius 3 is 2.17 bits per heavy atom. The maximum Gasteiger partial charge on any atom is 0.261 e. The van der Waals surface area contributed by atoms with E-state index in [1.54, 1.807) is 12.1 Å². The molecule has 1 aliphatic carbocycles. The van der Waals surface area contributed by atoms with Gasteiger partial charge in [0.1, 0.15) is 0 Å². The third-order valence-electron chi connectivity index (χ3n) is 3.92. The van der Waals surface area contributed by atoms with Crippen molar-refractivity contribution in [3.05, 3.63) is 53.6 Å². The number of hydrogen-bond donors (Lipinski definition) is 1. The lowest BCUT2D eigenvalue weighted by molar-refractivity contribution is 0.109. The highest BCUT2D eigenvalue weighted by molar-refractivity contribution is 7.92. The summed E-state index contributed by atoms with van der Waals surface area (Å²) in [7, 11) is -3.92. The van der Waals surface area contributed by atoms with Crippen LogP contribution in [0.2, 0.25) is 0 Å². The summed E-state index contributed by atoms with van der Waals surface area (Å²) in [5, 5.41) is 0. The van der Waals surface area contributed by atoms with Crippen LogP contribution in [0.1, 0.15) is 24.8 Å². The molecule has 24 heavy (non-hydrogen) atoms. The third kappa shape index (κ3) is 3.51. The number of halogens is 2. The topological polar surface area (TPSA) is 55.4 Å². The Morgan fingerprint density at radius 1 is 1.08 bits per heavy atom. The lowest BCUT2D eigenvalue weighted by Gasteiger charge is -2.26. The van der Waals surface area contributed by atoms with E-state index in [2.05, 4.69) is 4.72 Å². The summed E-state index contributed by atoms with van der Waals surface area (Å²) in [6.07, 6.45) is 2.33. The van der Waals surface area contributed by atoms with E-state index < -0.39 is 27.4 Å². The Morgan fingerprint density at radius 2 is 1.67 bits per heavy atom. The quantitative estimate of drug-likeness (QED) is 0.884. The Balaban J connectivity index is 1.83. The summed E-state index contributed by atoms with van der Waals surface area (Å²) >= 11 is 0. The van der Waals surface area contributed by atoms with Crippen LogP contribution >= 0.6 is 0 Å². The number of anilines is 1. The monoisotopic (exact) mass is 353 g/mol. The second kappa shape index (κ2) is 6.39. The van der Waals surface area contributed by atoms with E-state index >= 15 is 0 Å². The second-order valence-electron chi connectivity index (χ2n) is 5.86. The summed E-state index contributed by atoms with van der Waals surface area (Å²) in [6.45, 7) is 1.83. The number of aryl methyl sites for hydroxylation is 1. The van der Waals surface area contributed by atoms with Crippen molar-refractivity contribution in [2.24, 2.45) is 0 Å². The summed E-state index contributed by atoms with van der Waals surface area (Å²) in [4.78, 5) is 0.0173. The van der Waals surface area contributed by atoms with Gasteiger partial charge in [-0.05, 0) is 38.3 Å². The van der Waals surface area contributed by atoms with Gasteiger partial charge in [-0.1, -0.05) is 17.7 Å². The van der Waals surface area contributed by atoms with E-state index in [1.807, 2.05) is 6.92 Å².